The van der Waals surface area contributed by atoms with Gasteiger partial charge >= 0.3 is 0 Å². The summed E-state index contributed by atoms with van der Waals surface area (Å²) in [6.07, 6.45) is 5.38. The van der Waals surface area contributed by atoms with Gasteiger partial charge in [0, 0.05) is 26.2 Å². The molecule has 4 nitrogen and oxygen atoms in total. The van der Waals surface area contributed by atoms with Crippen LogP contribution in [0.2, 0.25) is 0 Å². The lowest BCUT2D eigenvalue weighted by Crippen LogP contribution is -2.41. The second kappa shape index (κ2) is 5.14. The second-order valence-corrected chi connectivity index (χ2v) is 6.51. The fourth-order valence-electron chi connectivity index (χ4n) is 3.54. The highest BCUT2D eigenvalue weighted by atomic mass is 16.2. The Morgan fingerprint density at radius 2 is 1.47 bits per heavy atom. The van der Waals surface area contributed by atoms with E-state index in [1.54, 1.807) is 0 Å². The fourth-order valence-corrected chi connectivity index (χ4v) is 3.54. The Morgan fingerprint density at radius 3 is 2.11 bits per heavy atom. The van der Waals surface area contributed by atoms with Crippen LogP contribution in [0.4, 0.5) is 0 Å². The molecule has 0 radical (unpaired) electrons. The monoisotopic (exact) mass is 264 g/mol. The Hall–Kier alpha value is -1.06. The van der Waals surface area contributed by atoms with E-state index in [9.17, 15) is 9.59 Å². The summed E-state index contributed by atoms with van der Waals surface area (Å²) in [5.74, 6) is 1.09. The lowest BCUT2D eigenvalue weighted by molar-refractivity contribution is -0.138. The third kappa shape index (κ3) is 2.63. The summed E-state index contributed by atoms with van der Waals surface area (Å²) in [4.78, 5) is 28.6. The number of hydrogen-bond acceptors (Lipinski definition) is 2. The average Bonchev–Trinajstić information content (AvgIpc) is 3.02. The molecule has 106 valence electrons. The van der Waals surface area contributed by atoms with Crippen molar-refractivity contribution in [1.82, 2.24) is 9.80 Å². The Kier molecular flexibility index (Phi) is 3.50. The first kappa shape index (κ1) is 12.9. The molecule has 0 bridgehead atoms. The predicted octanol–water partition coefficient (Wildman–Crippen LogP) is 1.50. The molecule has 4 heteroatoms. The van der Waals surface area contributed by atoms with Gasteiger partial charge < -0.3 is 9.80 Å². The Labute approximate surface area is 115 Å². The molecule has 3 fully saturated rings. The van der Waals surface area contributed by atoms with Crippen molar-refractivity contribution < 1.29 is 9.59 Å². The lowest BCUT2D eigenvalue weighted by Gasteiger charge is -2.31. The SMILES string of the molecule is CC1CCCN(C(=O)C2CC2C(=O)N2CCCC2)C1. The number of likely N-dealkylation sites (tertiary alicyclic amines) is 2. The van der Waals surface area contributed by atoms with Gasteiger partial charge in [-0.1, -0.05) is 6.92 Å². The minimum absolute atomic E-state index is 0.00148. The van der Waals surface area contributed by atoms with Gasteiger partial charge in [-0.05, 0) is 38.0 Å². The molecule has 0 spiro atoms. The molecule has 0 aromatic heterocycles. The van der Waals surface area contributed by atoms with Crippen LogP contribution >= 0.6 is 0 Å². The van der Waals surface area contributed by atoms with Crippen molar-refractivity contribution >= 4 is 11.8 Å². The molecule has 3 atom stereocenters. The molecular weight excluding hydrogens is 240 g/mol. The maximum atomic E-state index is 12.4. The van der Waals surface area contributed by atoms with Crippen LogP contribution in [-0.4, -0.2) is 47.8 Å². The molecule has 2 heterocycles. The van der Waals surface area contributed by atoms with E-state index in [4.69, 9.17) is 0 Å². The van der Waals surface area contributed by atoms with Crippen molar-refractivity contribution in [3.8, 4) is 0 Å². The first-order valence-electron chi connectivity index (χ1n) is 7.74. The van der Waals surface area contributed by atoms with Crippen LogP contribution in [0.3, 0.4) is 0 Å². The number of carbonyl (C=O) groups is 2. The third-order valence-corrected chi connectivity index (χ3v) is 4.81. The number of nitrogens with zero attached hydrogens (tertiary/aromatic N) is 2. The molecule has 3 aliphatic rings. The van der Waals surface area contributed by atoms with E-state index in [-0.39, 0.29) is 23.7 Å². The number of carbonyl (C=O) groups excluding carboxylic acids is 2. The van der Waals surface area contributed by atoms with Crippen molar-refractivity contribution in [1.29, 1.82) is 0 Å². The summed E-state index contributed by atoms with van der Waals surface area (Å²) in [5, 5.41) is 0. The number of rotatable bonds is 2. The van der Waals surface area contributed by atoms with Gasteiger partial charge in [-0.25, -0.2) is 0 Å². The summed E-state index contributed by atoms with van der Waals surface area (Å²) in [6, 6.07) is 0. The normalized spacial score (nSPS) is 34.5. The van der Waals surface area contributed by atoms with Crippen molar-refractivity contribution in [3.63, 3.8) is 0 Å². The zero-order valence-electron chi connectivity index (χ0n) is 11.8. The van der Waals surface area contributed by atoms with Crippen LogP contribution in [0, 0.1) is 17.8 Å². The molecule has 3 rings (SSSR count). The maximum Gasteiger partial charge on any atom is 0.226 e. The van der Waals surface area contributed by atoms with Crippen LogP contribution in [0.25, 0.3) is 0 Å². The molecule has 3 unspecified atom stereocenters. The number of piperidine rings is 1. The molecule has 1 aliphatic carbocycles. The highest BCUT2D eigenvalue weighted by Gasteiger charge is 2.51. The highest BCUT2D eigenvalue weighted by Crippen LogP contribution is 2.42. The highest BCUT2D eigenvalue weighted by molar-refractivity contribution is 5.92. The molecule has 2 aliphatic heterocycles. The van der Waals surface area contributed by atoms with Crippen LogP contribution < -0.4 is 0 Å². The summed E-state index contributed by atoms with van der Waals surface area (Å²) >= 11 is 0. The summed E-state index contributed by atoms with van der Waals surface area (Å²) in [7, 11) is 0. The second-order valence-electron chi connectivity index (χ2n) is 6.51. The number of hydrogen-bond donors (Lipinski definition) is 0. The first-order chi connectivity index (χ1) is 9.16. The van der Waals surface area contributed by atoms with Gasteiger partial charge in [-0.15, -0.1) is 0 Å². The Bertz CT molecular complexity index is 376. The lowest BCUT2D eigenvalue weighted by atomic mass is 10.00. The molecule has 0 aromatic carbocycles. The van der Waals surface area contributed by atoms with E-state index in [0.717, 1.165) is 51.9 Å². The topological polar surface area (TPSA) is 40.6 Å². The quantitative estimate of drug-likeness (QED) is 0.758. The minimum Gasteiger partial charge on any atom is -0.342 e. The molecular formula is C15H24N2O2. The fraction of sp³-hybridized carbons (Fsp3) is 0.867. The predicted molar refractivity (Wildman–Crippen MR) is 72.4 cm³/mol. The van der Waals surface area contributed by atoms with Gasteiger partial charge in [0.2, 0.25) is 11.8 Å². The van der Waals surface area contributed by atoms with E-state index in [0.29, 0.717) is 5.92 Å². The van der Waals surface area contributed by atoms with Crippen molar-refractivity contribution in [3.05, 3.63) is 0 Å². The van der Waals surface area contributed by atoms with E-state index in [1.807, 2.05) is 9.80 Å². The van der Waals surface area contributed by atoms with E-state index in [1.165, 1.54) is 6.42 Å². The van der Waals surface area contributed by atoms with Crippen molar-refractivity contribution in [2.45, 2.75) is 39.0 Å². The third-order valence-electron chi connectivity index (χ3n) is 4.81. The van der Waals surface area contributed by atoms with Crippen molar-refractivity contribution in [2.24, 2.45) is 17.8 Å². The molecule has 1 saturated carbocycles. The van der Waals surface area contributed by atoms with Crippen LogP contribution in [0.5, 0.6) is 0 Å². The number of amides is 2. The summed E-state index contributed by atoms with van der Waals surface area (Å²) in [6.45, 7) is 5.79. The van der Waals surface area contributed by atoms with Gasteiger partial charge in [0.25, 0.3) is 0 Å². The summed E-state index contributed by atoms with van der Waals surface area (Å²) in [5.41, 5.74) is 0. The van der Waals surface area contributed by atoms with Gasteiger partial charge in [0.15, 0.2) is 0 Å². The van der Waals surface area contributed by atoms with Crippen LogP contribution in [0.1, 0.15) is 39.0 Å². The smallest absolute Gasteiger partial charge is 0.226 e. The standard InChI is InChI=1S/C15H24N2O2/c1-11-5-4-8-17(10-11)15(19)13-9-12(13)14(18)16-6-2-3-7-16/h11-13H,2-10H2,1H3. The summed E-state index contributed by atoms with van der Waals surface area (Å²) < 4.78 is 0. The van der Waals surface area contributed by atoms with Gasteiger partial charge in [-0.3, -0.25) is 9.59 Å². The zero-order valence-corrected chi connectivity index (χ0v) is 11.8. The van der Waals surface area contributed by atoms with E-state index in [2.05, 4.69) is 6.92 Å². The van der Waals surface area contributed by atoms with Gasteiger partial charge in [-0.2, -0.15) is 0 Å². The van der Waals surface area contributed by atoms with Crippen LogP contribution in [-0.2, 0) is 9.59 Å². The molecule has 19 heavy (non-hydrogen) atoms. The zero-order chi connectivity index (χ0) is 13.4. The first-order valence-corrected chi connectivity index (χ1v) is 7.74. The molecule has 0 aromatic rings. The van der Waals surface area contributed by atoms with Gasteiger partial charge in [0.05, 0.1) is 11.8 Å². The Morgan fingerprint density at radius 1 is 0.895 bits per heavy atom. The van der Waals surface area contributed by atoms with Crippen LogP contribution in [0.15, 0.2) is 0 Å². The molecule has 2 amide bonds. The van der Waals surface area contributed by atoms with Gasteiger partial charge in [0.1, 0.15) is 0 Å². The molecule has 2 saturated heterocycles. The minimum atomic E-state index is -0.00148. The maximum absolute atomic E-state index is 12.4. The Balaban J connectivity index is 1.53. The van der Waals surface area contributed by atoms with E-state index < -0.39 is 0 Å². The van der Waals surface area contributed by atoms with E-state index >= 15 is 0 Å². The average molecular weight is 264 g/mol. The largest absolute Gasteiger partial charge is 0.342 e. The van der Waals surface area contributed by atoms with Crippen molar-refractivity contribution in [2.75, 3.05) is 26.2 Å². The molecule has 0 N–H and O–H groups in total.